The number of hydrazone groups is 1. The molecule has 0 bridgehead atoms. The number of amides is 1. The van der Waals surface area contributed by atoms with Crippen molar-refractivity contribution < 1.29 is 28.5 Å². The molecule has 0 aromatic heterocycles. The molecular formula is C25H24N2O6. The lowest BCUT2D eigenvalue weighted by Crippen LogP contribution is -2.17. The number of carbonyl (C=O) groups excluding carboxylic acids is 2. The van der Waals surface area contributed by atoms with Crippen molar-refractivity contribution in [2.75, 3.05) is 21.3 Å². The van der Waals surface area contributed by atoms with E-state index >= 15 is 0 Å². The van der Waals surface area contributed by atoms with Gasteiger partial charge in [-0.25, -0.2) is 10.2 Å². The van der Waals surface area contributed by atoms with Gasteiger partial charge in [0.25, 0.3) is 5.91 Å². The summed E-state index contributed by atoms with van der Waals surface area (Å²) in [6.45, 7) is 1.94. The zero-order valence-corrected chi connectivity index (χ0v) is 18.7. The maximum absolute atomic E-state index is 12.4. The molecular weight excluding hydrogens is 424 g/mol. The molecule has 3 aromatic carbocycles. The van der Waals surface area contributed by atoms with Crippen LogP contribution in [0.2, 0.25) is 0 Å². The molecule has 1 amide bonds. The molecule has 0 fully saturated rings. The van der Waals surface area contributed by atoms with Gasteiger partial charge in [0.1, 0.15) is 0 Å². The van der Waals surface area contributed by atoms with Crippen LogP contribution in [0.15, 0.2) is 65.8 Å². The van der Waals surface area contributed by atoms with Crippen LogP contribution in [0.4, 0.5) is 0 Å². The number of nitrogens with zero attached hydrogens (tertiary/aromatic N) is 1. The first-order valence-corrected chi connectivity index (χ1v) is 9.97. The third-order valence-electron chi connectivity index (χ3n) is 4.70. The monoisotopic (exact) mass is 448 g/mol. The lowest BCUT2D eigenvalue weighted by molar-refractivity contribution is 0.0729. The zero-order valence-electron chi connectivity index (χ0n) is 18.7. The molecule has 0 unspecified atom stereocenters. The van der Waals surface area contributed by atoms with Gasteiger partial charge < -0.3 is 18.9 Å². The Hall–Kier alpha value is -4.33. The van der Waals surface area contributed by atoms with E-state index in [0.717, 1.165) is 5.56 Å². The van der Waals surface area contributed by atoms with Gasteiger partial charge in [-0.3, -0.25) is 4.79 Å². The van der Waals surface area contributed by atoms with Crippen molar-refractivity contribution in [3.63, 3.8) is 0 Å². The van der Waals surface area contributed by atoms with Crippen LogP contribution in [0.3, 0.4) is 0 Å². The van der Waals surface area contributed by atoms with Crippen LogP contribution >= 0.6 is 0 Å². The second-order valence-electron chi connectivity index (χ2n) is 6.93. The topological polar surface area (TPSA) is 95.5 Å². The normalized spacial score (nSPS) is 10.5. The maximum atomic E-state index is 12.4. The van der Waals surface area contributed by atoms with E-state index in [0.29, 0.717) is 33.9 Å². The molecule has 170 valence electrons. The number of aryl methyl sites for hydroxylation is 1. The largest absolute Gasteiger partial charge is 0.493 e. The number of benzene rings is 3. The van der Waals surface area contributed by atoms with E-state index in [-0.39, 0.29) is 5.75 Å². The Kier molecular flexibility index (Phi) is 7.64. The highest BCUT2D eigenvalue weighted by atomic mass is 16.6. The molecule has 1 N–H and O–H groups in total. The number of hydrogen-bond acceptors (Lipinski definition) is 7. The molecule has 8 heteroatoms. The lowest BCUT2D eigenvalue weighted by Gasteiger charge is -2.10. The summed E-state index contributed by atoms with van der Waals surface area (Å²) < 4.78 is 21.2. The van der Waals surface area contributed by atoms with E-state index in [1.807, 2.05) is 19.1 Å². The summed E-state index contributed by atoms with van der Waals surface area (Å²) in [6.07, 6.45) is 1.45. The first-order valence-electron chi connectivity index (χ1n) is 9.97. The van der Waals surface area contributed by atoms with E-state index in [9.17, 15) is 9.59 Å². The molecule has 33 heavy (non-hydrogen) atoms. The Bertz CT molecular complexity index is 1170. The van der Waals surface area contributed by atoms with Gasteiger partial charge in [-0.15, -0.1) is 0 Å². The highest BCUT2D eigenvalue weighted by Gasteiger charge is 2.13. The molecule has 0 radical (unpaired) electrons. The molecule has 0 saturated heterocycles. The van der Waals surface area contributed by atoms with E-state index < -0.39 is 11.9 Å². The summed E-state index contributed by atoms with van der Waals surface area (Å²) in [4.78, 5) is 24.7. The maximum Gasteiger partial charge on any atom is 0.343 e. The summed E-state index contributed by atoms with van der Waals surface area (Å²) in [6, 6.07) is 16.8. The standard InChI is InChI=1S/C25H24N2O6/c1-16-5-8-18(9-6-16)25(29)33-21-11-7-17(13-22(21)31-3)15-26-27-24(28)19-10-12-20(30-2)23(14-19)32-4/h5-15H,1-4H3,(H,27,28)/b26-15-. The van der Waals surface area contributed by atoms with E-state index in [2.05, 4.69) is 10.5 Å². The number of ether oxygens (including phenoxy) is 4. The quantitative estimate of drug-likeness (QED) is 0.242. The van der Waals surface area contributed by atoms with Crippen molar-refractivity contribution in [2.45, 2.75) is 6.92 Å². The van der Waals surface area contributed by atoms with Crippen molar-refractivity contribution in [3.05, 3.63) is 82.9 Å². The average Bonchev–Trinajstić information content (AvgIpc) is 2.84. The van der Waals surface area contributed by atoms with Crippen LogP contribution in [0.1, 0.15) is 31.8 Å². The minimum atomic E-state index is -0.489. The van der Waals surface area contributed by atoms with Gasteiger partial charge >= 0.3 is 5.97 Å². The smallest absolute Gasteiger partial charge is 0.343 e. The van der Waals surface area contributed by atoms with Crippen molar-refractivity contribution in [1.82, 2.24) is 5.43 Å². The van der Waals surface area contributed by atoms with Crippen molar-refractivity contribution in [2.24, 2.45) is 5.10 Å². The van der Waals surface area contributed by atoms with Gasteiger partial charge in [-0.1, -0.05) is 17.7 Å². The first-order chi connectivity index (χ1) is 15.9. The number of rotatable bonds is 8. The van der Waals surface area contributed by atoms with Crippen molar-refractivity contribution in [1.29, 1.82) is 0 Å². The van der Waals surface area contributed by atoms with Gasteiger partial charge in [0, 0.05) is 5.56 Å². The molecule has 0 spiro atoms. The molecule has 0 aliphatic carbocycles. The Morgan fingerprint density at radius 3 is 2.03 bits per heavy atom. The van der Waals surface area contributed by atoms with Crippen LogP contribution in [0, 0.1) is 6.92 Å². The van der Waals surface area contributed by atoms with E-state index in [1.54, 1.807) is 48.5 Å². The highest BCUT2D eigenvalue weighted by Crippen LogP contribution is 2.29. The van der Waals surface area contributed by atoms with Gasteiger partial charge in [-0.2, -0.15) is 5.10 Å². The Morgan fingerprint density at radius 1 is 0.758 bits per heavy atom. The Morgan fingerprint density at radius 2 is 1.36 bits per heavy atom. The van der Waals surface area contributed by atoms with Gasteiger partial charge in [0.15, 0.2) is 23.0 Å². The first kappa shape index (κ1) is 23.3. The summed E-state index contributed by atoms with van der Waals surface area (Å²) in [5.74, 6) is 0.683. The van der Waals surface area contributed by atoms with Crippen molar-refractivity contribution in [3.8, 4) is 23.0 Å². The minimum absolute atomic E-state index is 0.273. The third-order valence-corrected chi connectivity index (χ3v) is 4.70. The molecule has 0 saturated carbocycles. The molecule has 0 heterocycles. The van der Waals surface area contributed by atoms with Gasteiger partial charge in [-0.05, 0) is 61.0 Å². The Balaban J connectivity index is 1.67. The predicted molar refractivity (Wildman–Crippen MR) is 124 cm³/mol. The minimum Gasteiger partial charge on any atom is -0.493 e. The average molecular weight is 448 g/mol. The molecule has 8 nitrogen and oxygen atoms in total. The molecule has 0 atom stereocenters. The summed E-state index contributed by atoms with van der Waals surface area (Å²) in [7, 11) is 4.48. The van der Waals surface area contributed by atoms with Gasteiger partial charge in [0.2, 0.25) is 0 Å². The fraction of sp³-hybridized carbons (Fsp3) is 0.160. The zero-order chi connectivity index (χ0) is 23.8. The number of esters is 1. The molecule has 3 rings (SSSR count). The molecule has 0 aliphatic rings. The van der Waals surface area contributed by atoms with Crippen LogP contribution in [0.5, 0.6) is 23.0 Å². The summed E-state index contributed by atoms with van der Waals surface area (Å²) in [5, 5.41) is 3.98. The summed E-state index contributed by atoms with van der Waals surface area (Å²) >= 11 is 0. The molecule has 0 aliphatic heterocycles. The predicted octanol–water partition coefficient (Wildman–Crippen LogP) is 4.00. The fourth-order valence-corrected chi connectivity index (χ4v) is 2.90. The highest BCUT2D eigenvalue weighted by molar-refractivity contribution is 5.95. The van der Waals surface area contributed by atoms with Crippen LogP contribution in [0.25, 0.3) is 0 Å². The SMILES string of the molecule is COc1ccc(C(=O)N/N=C\c2ccc(OC(=O)c3ccc(C)cc3)c(OC)c2)cc1OC. The fourth-order valence-electron chi connectivity index (χ4n) is 2.90. The molecule has 3 aromatic rings. The lowest BCUT2D eigenvalue weighted by atomic mass is 10.1. The van der Waals surface area contributed by atoms with Crippen LogP contribution in [-0.2, 0) is 0 Å². The number of methoxy groups -OCH3 is 3. The second kappa shape index (κ2) is 10.8. The second-order valence-corrected chi connectivity index (χ2v) is 6.93. The third kappa shape index (κ3) is 5.88. The van der Waals surface area contributed by atoms with E-state index in [4.69, 9.17) is 18.9 Å². The van der Waals surface area contributed by atoms with Gasteiger partial charge in [0.05, 0.1) is 33.1 Å². The number of hydrogen-bond donors (Lipinski definition) is 1. The van der Waals surface area contributed by atoms with Crippen LogP contribution < -0.4 is 24.4 Å². The Labute approximate surface area is 191 Å². The number of nitrogens with one attached hydrogen (secondary N) is 1. The summed E-state index contributed by atoms with van der Waals surface area (Å²) in [5.41, 5.74) is 4.93. The van der Waals surface area contributed by atoms with Crippen LogP contribution in [-0.4, -0.2) is 39.4 Å². The number of carbonyl (C=O) groups is 2. The van der Waals surface area contributed by atoms with Crippen molar-refractivity contribution >= 4 is 18.1 Å². The van der Waals surface area contributed by atoms with E-state index in [1.165, 1.54) is 27.5 Å².